The molecule has 1 aliphatic carbocycles. The van der Waals surface area contributed by atoms with Crippen LogP contribution in [0.25, 0.3) is 0 Å². The van der Waals surface area contributed by atoms with Gasteiger partial charge in [0.2, 0.25) is 5.82 Å². The van der Waals surface area contributed by atoms with Crippen LogP contribution in [0.15, 0.2) is 12.1 Å². The summed E-state index contributed by atoms with van der Waals surface area (Å²) in [6.07, 6.45) is 3.66. The molecule has 0 atom stereocenters. The Morgan fingerprint density at radius 3 is 2.82 bits per heavy atom. The van der Waals surface area contributed by atoms with Gasteiger partial charge < -0.3 is 10.6 Å². The summed E-state index contributed by atoms with van der Waals surface area (Å²) in [6.45, 7) is 0.765. The zero-order chi connectivity index (χ0) is 12.3. The average molecular weight is 236 g/mol. The lowest BCUT2D eigenvalue weighted by atomic mass is 9.85. The molecule has 1 aliphatic rings. The Kier molecular flexibility index (Phi) is 3.41. The van der Waals surface area contributed by atoms with Gasteiger partial charge in [0.1, 0.15) is 5.82 Å². The summed E-state index contributed by atoms with van der Waals surface area (Å²) >= 11 is 0. The number of pyridine rings is 1. The van der Waals surface area contributed by atoms with E-state index in [1.165, 1.54) is 25.3 Å². The van der Waals surface area contributed by atoms with Crippen LogP contribution in [-0.2, 0) is 0 Å². The smallest absolute Gasteiger partial charge is 0.311 e. The Morgan fingerprint density at radius 2 is 2.29 bits per heavy atom. The predicted molar refractivity (Wildman–Crippen MR) is 66.3 cm³/mol. The van der Waals surface area contributed by atoms with Crippen molar-refractivity contribution in [2.24, 2.45) is 5.92 Å². The minimum absolute atomic E-state index is 0.0309. The fourth-order valence-corrected chi connectivity index (χ4v) is 1.81. The molecule has 0 amide bonds. The highest BCUT2D eigenvalue weighted by molar-refractivity contribution is 5.60. The van der Waals surface area contributed by atoms with Gasteiger partial charge in [-0.3, -0.25) is 10.1 Å². The van der Waals surface area contributed by atoms with E-state index in [4.69, 9.17) is 0 Å². The molecule has 6 nitrogen and oxygen atoms in total. The van der Waals surface area contributed by atoms with Crippen LogP contribution in [0.4, 0.5) is 17.3 Å². The third kappa shape index (κ3) is 2.64. The summed E-state index contributed by atoms with van der Waals surface area (Å²) in [5, 5.41) is 16.8. The molecular formula is C11H16N4O2. The first kappa shape index (κ1) is 11.6. The van der Waals surface area contributed by atoms with Crippen LogP contribution in [0, 0.1) is 16.0 Å². The Bertz CT molecular complexity index is 418. The van der Waals surface area contributed by atoms with E-state index < -0.39 is 4.92 Å². The number of nitrogens with one attached hydrogen (secondary N) is 2. The SMILES string of the molecule is CNc1ccc([N+](=O)[O-])c(NCC2CCC2)n1. The van der Waals surface area contributed by atoms with Crippen molar-refractivity contribution in [2.75, 3.05) is 24.2 Å². The maximum Gasteiger partial charge on any atom is 0.311 e. The summed E-state index contributed by atoms with van der Waals surface area (Å²) in [5.74, 6) is 1.62. The van der Waals surface area contributed by atoms with Crippen LogP contribution < -0.4 is 10.6 Å². The van der Waals surface area contributed by atoms with Crippen LogP contribution >= 0.6 is 0 Å². The van der Waals surface area contributed by atoms with Gasteiger partial charge in [-0.2, -0.15) is 0 Å². The molecule has 17 heavy (non-hydrogen) atoms. The highest BCUT2D eigenvalue weighted by Crippen LogP contribution is 2.28. The van der Waals surface area contributed by atoms with Gasteiger partial charge in [-0.25, -0.2) is 4.98 Å². The molecule has 0 aliphatic heterocycles. The molecule has 1 saturated carbocycles. The Hall–Kier alpha value is -1.85. The first-order chi connectivity index (χ1) is 8.20. The normalized spacial score (nSPS) is 15.1. The van der Waals surface area contributed by atoms with Crippen LogP contribution in [0.1, 0.15) is 19.3 Å². The molecule has 0 saturated heterocycles. The van der Waals surface area contributed by atoms with Gasteiger partial charge in [-0.15, -0.1) is 0 Å². The standard InChI is InChI=1S/C11H16N4O2/c1-12-10-6-5-9(15(16)17)11(14-10)13-7-8-3-2-4-8/h5-6,8H,2-4,7H2,1H3,(H2,12,13,14). The fourth-order valence-electron chi connectivity index (χ4n) is 1.81. The van der Waals surface area contributed by atoms with E-state index in [1.807, 2.05) is 0 Å². The predicted octanol–water partition coefficient (Wildman–Crippen LogP) is 2.24. The van der Waals surface area contributed by atoms with E-state index in [0.29, 0.717) is 17.6 Å². The first-order valence-electron chi connectivity index (χ1n) is 5.77. The maximum absolute atomic E-state index is 10.9. The highest BCUT2D eigenvalue weighted by Gasteiger charge is 2.20. The topological polar surface area (TPSA) is 80.1 Å². The summed E-state index contributed by atoms with van der Waals surface area (Å²) in [4.78, 5) is 14.6. The van der Waals surface area contributed by atoms with E-state index in [-0.39, 0.29) is 5.69 Å². The zero-order valence-corrected chi connectivity index (χ0v) is 9.77. The van der Waals surface area contributed by atoms with Crippen molar-refractivity contribution in [2.45, 2.75) is 19.3 Å². The number of aromatic nitrogens is 1. The van der Waals surface area contributed by atoms with Gasteiger partial charge in [0, 0.05) is 19.7 Å². The number of nitro groups is 1. The summed E-state index contributed by atoms with van der Waals surface area (Å²) in [5.41, 5.74) is 0.0309. The van der Waals surface area contributed by atoms with Crippen LogP contribution in [0.3, 0.4) is 0 Å². The first-order valence-corrected chi connectivity index (χ1v) is 5.77. The van der Waals surface area contributed by atoms with Crippen molar-refractivity contribution in [3.8, 4) is 0 Å². The number of hydrogen-bond acceptors (Lipinski definition) is 5. The molecular weight excluding hydrogens is 220 g/mol. The molecule has 92 valence electrons. The van der Waals surface area contributed by atoms with Gasteiger partial charge in [0.25, 0.3) is 0 Å². The third-order valence-corrected chi connectivity index (χ3v) is 3.11. The Morgan fingerprint density at radius 1 is 1.53 bits per heavy atom. The Balaban J connectivity index is 2.12. The number of rotatable bonds is 5. The van der Waals surface area contributed by atoms with Gasteiger partial charge in [0.05, 0.1) is 4.92 Å². The minimum atomic E-state index is -0.407. The zero-order valence-electron chi connectivity index (χ0n) is 9.77. The largest absolute Gasteiger partial charge is 0.373 e. The molecule has 1 heterocycles. The molecule has 0 unspecified atom stereocenters. The average Bonchev–Trinajstić information content (AvgIpc) is 2.26. The second-order valence-electron chi connectivity index (χ2n) is 4.25. The summed E-state index contributed by atoms with van der Waals surface area (Å²) in [6, 6.07) is 3.08. The van der Waals surface area contributed by atoms with Crippen LogP contribution in [0.2, 0.25) is 0 Å². The molecule has 1 aromatic rings. The summed E-state index contributed by atoms with van der Waals surface area (Å²) in [7, 11) is 1.74. The number of hydrogen-bond donors (Lipinski definition) is 2. The highest BCUT2D eigenvalue weighted by atomic mass is 16.6. The van der Waals surface area contributed by atoms with Gasteiger partial charge >= 0.3 is 5.69 Å². The number of nitrogens with zero attached hydrogens (tertiary/aromatic N) is 2. The summed E-state index contributed by atoms with van der Waals surface area (Å²) < 4.78 is 0. The lowest BCUT2D eigenvalue weighted by Crippen LogP contribution is -2.21. The molecule has 1 fully saturated rings. The molecule has 0 spiro atoms. The monoisotopic (exact) mass is 236 g/mol. The van der Waals surface area contributed by atoms with E-state index in [1.54, 1.807) is 13.1 Å². The van der Waals surface area contributed by atoms with Crippen LogP contribution in [0.5, 0.6) is 0 Å². The lowest BCUT2D eigenvalue weighted by molar-refractivity contribution is -0.384. The van der Waals surface area contributed by atoms with Crippen molar-refractivity contribution < 1.29 is 4.92 Å². The quantitative estimate of drug-likeness (QED) is 0.605. The van der Waals surface area contributed by atoms with Gasteiger partial charge in [-0.05, 0) is 24.8 Å². The molecule has 1 aromatic heterocycles. The van der Waals surface area contributed by atoms with Crippen molar-refractivity contribution in [3.05, 3.63) is 22.2 Å². The maximum atomic E-state index is 10.9. The molecule has 2 N–H and O–H groups in total. The fraction of sp³-hybridized carbons (Fsp3) is 0.545. The van der Waals surface area contributed by atoms with Gasteiger partial charge in [0.15, 0.2) is 0 Å². The van der Waals surface area contributed by atoms with E-state index in [2.05, 4.69) is 15.6 Å². The third-order valence-electron chi connectivity index (χ3n) is 3.11. The molecule has 0 radical (unpaired) electrons. The van der Waals surface area contributed by atoms with Crippen molar-refractivity contribution in [1.82, 2.24) is 4.98 Å². The van der Waals surface area contributed by atoms with E-state index in [9.17, 15) is 10.1 Å². The van der Waals surface area contributed by atoms with E-state index in [0.717, 1.165) is 6.54 Å². The van der Waals surface area contributed by atoms with Crippen molar-refractivity contribution in [1.29, 1.82) is 0 Å². The Labute approximate surface area is 99.6 Å². The van der Waals surface area contributed by atoms with E-state index >= 15 is 0 Å². The van der Waals surface area contributed by atoms with Crippen LogP contribution in [-0.4, -0.2) is 23.5 Å². The molecule has 2 rings (SSSR count). The van der Waals surface area contributed by atoms with Crippen molar-refractivity contribution in [3.63, 3.8) is 0 Å². The molecule has 0 aromatic carbocycles. The van der Waals surface area contributed by atoms with Gasteiger partial charge in [-0.1, -0.05) is 6.42 Å². The second kappa shape index (κ2) is 4.99. The molecule has 6 heteroatoms. The van der Waals surface area contributed by atoms with Crippen molar-refractivity contribution >= 4 is 17.3 Å². The minimum Gasteiger partial charge on any atom is -0.373 e. The second-order valence-corrected chi connectivity index (χ2v) is 4.25. The molecule has 0 bridgehead atoms. The lowest BCUT2D eigenvalue weighted by Gasteiger charge is -2.25. The number of anilines is 2.